The predicted octanol–water partition coefficient (Wildman–Crippen LogP) is 4.47. The van der Waals surface area contributed by atoms with Gasteiger partial charge in [0.15, 0.2) is 0 Å². The second-order valence-corrected chi connectivity index (χ2v) is 12.7. The molecule has 2 aliphatic rings. The van der Waals surface area contributed by atoms with Gasteiger partial charge in [-0.15, -0.1) is 0 Å². The minimum Gasteiger partial charge on any atom is -0.444 e. The van der Waals surface area contributed by atoms with E-state index in [9.17, 15) is 10.1 Å². The standard InChI is InChI=1S/C33H41N9O3/c1-33(2,3)45-32(43)40-13-11-39(12-14-40)30-6-5-24(19-35-30)29-17-25(22-42-31(29)26(18-34)20-37-42)27-21-36-41(23-27)28-7-9-38(10-8-28)15-16-44-4/h5-6,17,19-23,28H,7-16H2,1-4H3. The van der Waals surface area contributed by atoms with Crippen molar-refractivity contribution in [3.63, 3.8) is 0 Å². The van der Waals surface area contributed by atoms with E-state index >= 15 is 0 Å². The minimum atomic E-state index is -0.516. The number of hydrogen-bond donors (Lipinski definition) is 0. The number of piperazine rings is 1. The maximum atomic E-state index is 12.5. The molecule has 236 valence electrons. The topological polar surface area (TPSA) is 117 Å². The zero-order chi connectivity index (χ0) is 31.6. The lowest BCUT2D eigenvalue weighted by atomic mass is 10.0. The summed E-state index contributed by atoms with van der Waals surface area (Å²) in [6.07, 6.45) is 11.3. The summed E-state index contributed by atoms with van der Waals surface area (Å²) in [6, 6.07) is 8.79. The second-order valence-electron chi connectivity index (χ2n) is 12.7. The number of anilines is 1. The highest BCUT2D eigenvalue weighted by molar-refractivity contribution is 5.87. The van der Waals surface area contributed by atoms with Crippen LogP contribution in [0, 0.1) is 11.3 Å². The molecule has 0 aromatic carbocycles. The fraction of sp³-hybridized carbons (Fsp3) is 0.485. The van der Waals surface area contributed by atoms with Gasteiger partial charge < -0.3 is 24.2 Å². The average molecular weight is 612 g/mol. The summed E-state index contributed by atoms with van der Waals surface area (Å²) in [4.78, 5) is 23.6. The molecular weight excluding hydrogens is 570 g/mol. The van der Waals surface area contributed by atoms with Gasteiger partial charge in [-0.25, -0.2) is 14.3 Å². The Bertz CT molecular complexity index is 1670. The van der Waals surface area contributed by atoms with Crippen LogP contribution in [-0.2, 0) is 9.47 Å². The molecule has 2 fully saturated rings. The first-order valence-electron chi connectivity index (χ1n) is 15.6. The van der Waals surface area contributed by atoms with E-state index in [2.05, 4.69) is 37.9 Å². The van der Waals surface area contributed by atoms with Crippen molar-refractivity contribution in [3.05, 3.63) is 54.7 Å². The van der Waals surface area contributed by atoms with Gasteiger partial charge in [0.1, 0.15) is 17.5 Å². The molecule has 0 unspecified atom stereocenters. The van der Waals surface area contributed by atoms with E-state index in [1.54, 1.807) is 22.7 Å². The Kier molecular flexibility index (Phi) is 8.74. The average Bonchev–Trinajstić information content (AvgIpc) is 3.71. The molecule has 2 aliphatic heterocycles. The van der Waals surface area contributed by atoms with Crippen LogP contribution in [0.1, 0.15) is 45.2 Å². The van der Waals surface area contributed by atoms with Crippen LogP contribution in [0.3, 0.4) is 0 Å². The van der Waals surface area contributed by atoms with Crippen molar-refractivity contribution in [2.75, 3.05) is 64.4 Å². The molecule has 45 heavy (non-hydrogen) atoms. The number of hydrogen-bond acceptors (Lipinski definition) is 9. The van der Waals surface area contributed by atoms with Crippen LogP contribution in [0.25, 0.3) is 27.8 Å². The number of carbonyl (C=O) groups excluding carboxylic acids is 1. The lowest BCUT2D eigenvalue weighted by Crippen LogP contribution is -2.50. The van der Waals surface area contributed by atoms with Gasteiger partial charge >= 0.3 is 6.09 Å². The molecule has 0 bridgehead atoms. The first-order chi connectivity index (χ1) is 21.7. The normalized spacial score (nSPS) is 16.7. The van der Waals surface area contributed by atoms with Crippen LogP contribution in [0.2, 0.25) is 0 Å². The number of fused-ring (bicyclic) bond motifs is 1. The summed E-state index contributed by atoms with van der Waals surface area (Å²) < 4.78 is 14.6. The number of amides is 1. The molecule has 2 saturated heterocycles. The summed E-state index contributed by atoms with van der Waals surface area (Å²) in [5.41, 5.74) is 4.49. The van der Waals surface area contributed by atoms with Crippen molar-refractivity contribution in [2.24, 2.45) is 0 Å². The number of likely N-dealkylation sites (tertiary alicyclic amines) is 1. The molecule has 12 heteroatoms. The number of pyridine rings is 2. The molecular formula is C33H41N9O3. The Morgan fingerprint density at radius 1 is 0.978 bits per heavy atom. The van der Waals surface area contributed by atoms with Crippen molar-refractivity contribution in [1.82, 2.24) is 34.2 Å². The highest BCUT2D eigenvalue weighted by atomic mass is 16.6. The number of nitriles is 1. The fourth-order valence-electron chi connectivity index (χ4n) is 6.07. The fourth-order valence-corrected chi connectivity index (χ4v) is 6.07. The molecule has 1 amide bonds. The highest BCUT2D eigenvalue weighted by Gasteiger charge is 2.27. The lowest BCUT2D eigenvalue weighted by molar-refractivity contribution is 0.0240. The summed E-state index contributed by atoms with van der Waals surface area (Å²) in [6.45, 7) is 11.9. The predicted molar refractivity (Wildman–Crippen MR) is 171 cm³/mol. The van der Waals surface area contributed by atoms with Gasteiger partial charge in [-0.05, 0) is 51.8 Å². The molecule has 0 N–H and O–H groups in total. The number of aromatic nitrogens is 5. The Balaban J connectivity index is 1.20. The third-order valence-electron chi connectivity index (χ3n) is 8.52. The summed E-state index contributed by atoms with van der Waals surface area (Å²) >= 11 is 0. The molecule has 0 saturated carbocycles. The smallest absolute Gasteiger partial charge is 0.410 e. The monoisotopic (exact) mass is 611 g/mol. The molecule has 12 nitrogen and oxygen atoms in total. The van der Waals surface area contributed by atoms with E-state index in [1.165, 1.54) is 0 Å². The molecule has 0 atom stereocenters. The SMILES string of the molecule is COCCN1CCC(n2cc(-c3cc(-c4ccc(N5CCN(C(=O)OC(C)(C)C)CC5)nc4)c4c(C#N)cnn4c3)cn2)CC1. The van der Waals surface area contributed by atoms with Crippen LogP contribution in [-0.4, -0.2) is 105 Å². The lowest BCUT2D eigenvalue weighted by Gasteiger charge is -2.36. The Hall–Kier alpha value is -4.47. The minimum absolute atomic E-state index is 0.280. The number of ether oxygens (including phenoxy) is 2. The molecule has 4 aromatic rings. The van der Waals surface area contributed by atoms with Crippen LogP contribution in [0.5, 0.6) is 0 Å². The summed E-state index contributed by atoms with van der Waals surface area (Å²) in [5.74, 6) is 0.846. The molecule has 4 aromatic heterocycles. The zero-order valence-corrected chi connectivity index (χ0v) is 26.5. The molecule has 6 heterocycles. The number of methoxy groups -OCH3 is 1. The number of piperidine rings is 1. The zero-order valence-electron chi connectivity index (χ0n) is 26.5. The van der Waals surface area contributed by atoms with Crippen molar-refractivity contribution < 1.29 is 14.3 Å². The van der Waals surface area contributed by atoms with Crippen molar-refractivity contribution in [1.29, 1.82) is 5.26 Å². The van der Waals surface area contributed by atoms with Crippen molar-refractivity contribution in [3.8, 4) is 28.3 Å². The largest absolute Gasteiger partial charge is 0.444 e. The van der Waals surface area contributed by atoms with Crippen molar-refractivity contribution >= 4 is 17.4 Å². The summed E-state index contributed by atoms with van der Waals surface area (Å²) in [5, 5.41) is 19.1. The number of rotatable bonds is 7. The van der Waals surface area contributed by atoms with E-state index in [0.29, 0.717) is 37.8 Å². The Morgan fingerprint density at radius 3 is 2.42 bits per heavy atom. The third-order valence-corrected chi connectivity index (χ3v) is 8.52. The van der Waals surface area contributed by atoms with E-state index in [4.69, 9.17) is 19.6 Å². The quantitative estimate of drug-likeness (QED) is 0.298. The van der Waals surface area contributed by atoms with Gasteiger partial charge in [0.2, 0.25) is 0 Å². The third kappa shape index (κ3) is 6.79. The molecule has 0 radical (unpaired) electrons. The molecule has 0 aliphatic carbocycles. The first-order valence-corrected chi connectivity index (χ1v) is 15.6. The van der Waals surface area contributed by atoms with Gasteiger partial charge in [-0.1, -0.05) is 0 Å². The maximum Gasteiger partial charge on any atom is 0.410 e. The molecule has 6 rings (SSSR count). The maximum absolute atomic E-state index is 12.5. The van der Waals surface area contributed by atoms with Gasteiger partial charge in [0, 0.05) is 93.8 Å². The van der Waals surface area contributed by atoms with E-state index in [1.807, 2.05) is 51.5 Å². The van der Waals surface area contributed by atoms with Gasteiger partial charge in [0.05, 0.1) is 36.1 Å². The van der Waals surface area contributed by atoms with E-state index in [-0.39, 0.29) is 6.09 Å². The van der Waals surface area contributed by atoms with Crippen molar-refractivity contribution in [2.45, 2.75) is 45.3 Å². The first kappa shape index (κ1) is 30.6. The second kappa shape index (κ2) is 12.9. The Labute approximate surface area is 263 Å². The van der Waals surface area contributed by atoms with Crippen LogP contribution in [0.15, 0.2) is 49.2 Å². The molecule has 0 spiro atoms. The van der Waals surface area contributed by atoms with E-state index < -0.39 is 5.60 Å². The van der Waals surface area contributed by atoms with Gasteiger partial charge in [-0.3, -0.25) is 4.68 Å². The van der Waals surface area contributed by atoms with E-state index in [0.717, 1.165) is 72.7 Å². The van der Waals surface area contributed by atoms with Crippen LogP contribution in [0.4, 0.5) is 10.6 Å². The van der Waals surface area contributed by atoms with Gasteiger partial charge in [0.25, 0.3) is 0 Å². The summed E-state index contributed by atoms with van der Waals surface area (Å²) in [7, 11) is 1.75. The van der Waals surface area contributed by atoms with Crippen LogP contribution >= 0.6 is 0 Å². The number of nitrogens with zero attached hydrogens (tertiary/aromatic N) is 9. The number of carbonyl (C=O) groups is 1. The Morgan fingerprint density at radius 2 is 1.76 bits per heavy atom. The van der Waals surface area contributed by atoms with Gasteiger partial charge in [-0.2, -0.15) is 15.5 Å². The highest BCUT2D eigenvalue weighted by Crippen LogP contribution is 2.33. The van der Waals surface area contributed by atoms with Crippen LogP contribution < -0.4 is 4.90 Å².